The zero-order valence-electron chi connectivity index (χ0n) is 24.4. The predicted octanol–water partition coefficient (Wildman–Crippen LogP) is 2.58. The van der Waals surface area contributed by atoms with E-state index in [4.69, 9.17) is 16.6 Å². The number of anilines is 3. The maximum absolute atomic E-state index is 13.6. The molecule has 4 aromatic rings. The van der Waals surface area contributed by atoms with Gasteiger partial charge in [0.2, 0.25) is 16.0 Å². The summed E-state index contributed by atoms with van der Waals surface area (Å²) in [5.41, 5.74) is 2.99. The van der Waals surface area contributed by atoms with Crippen molar-refractivity contribution >= 4 is 55.8 Å². The lowest BCUT2D eigenvalue weighted by Crippen LogP contribution is -2.48. The summed E-state index contributed by atoms with van der Waals surface area (Å²) in [5.74, 6) is 0.351. The van der Waals surface area contributed by atoms with Crippen molar-refractivity contribution in [2.75, 3.05) is 47.6 Å². The number of piperazine rings is 1. The summed E-state index contributed by atoms with van der Waals surface area (Å²) in [6.07, 6.45) is 4.51. The molecule has 1 saturated heterocycles. The van der Waals surface area contributed by atoms with E-state index in [1.165, 1.54) is 6.07 Å². The van der Waals surface area contributed by atoms with Gasteiger partial charge >= 0.3 is 0 Å². The predicted molar refractivity (Wildman–Crippen MR) is 167 cm³/mol. The van der Waals surface area contributed by atoms with Crippen LogP contribution in [0, 0.1) is 13.8 Å². The third-order valence-corrected chi connectivity index (χ3v) is 7.99. The van der Waals surface area contributed by atoms with Crippen molar-refractivity contribution < 1.29 is 13.2 Å². The van der Waals surface area contributed by atoms with Gasteiger partial charge in [-0.05, 0) is 44.5 Å². The third kappa shape index (κ3) is 6.54. The number of pyridine rings is 1. The summed E-state index contributed by atoms with van der Waals surface area (Å²) in [7, 11) is -2.11. The molecule has 5 rings (SSSR count). The molecule has 43 heavy (non-hydrogen) atoms. The molecule has 1 aliphatic heterocycles. The second-order valence-corrected chi connectivity index (χ2v) is 12.7. The number of hydrogen-bond donors (Lipinski definition) is 2. The Morgan fingerprint density at radius 1 is 1.02 bits per heavy atom. The molecule has 0 unspecified atom stereocenters. The highest BCUT2D eigenvalue weighted by molar-refractivity contribution is 7.89. The number of carbonyl (C=O) groups excluding carboxylic acids is 1. The molecular formula is C28H32ClN9O4S. The first-order chi connectivity index (χ1) is 20.3. The summed E-state index contributed by atoms with van der Waals surface area (Å²) in [5, 5.41) is 3.74. The number of hydrogen-bond acceptors (Lipinski definition) is 11. The van der Waals surface area contributed by atoms with Gasteiger partial charge in [-0.1, -0.05) is 17.7 Å². The molecule has 0 saturated carbocycles. The first-order valence-corrected chi connectivity index (χ1v) is 15.8. The quantitative estimate of drug-likeness (QED) is 0.291. The van der Waals surface area contributed by atoms with Crippen molar-refractivity contribution in [3.63, 3.8) is 0 Å². The van der Waals surface area contributed by atoms with Crippen LogP contribution in [0.25, 0.3) is 10.9 Å². The van der Waals surface area contributed by atoms with Crippen LogP contribution in [0.2, 0.25) is 5.15 Å². The Morgan fingerprint density at radius 3 is 2.33 bits per heavy atom. The lowest BCUT2D eigenvalue weighted by Gasteiger charge is -2.36. The monoisotopic (exact) mass is 625 g/mol. The van der Waals surface area contributed by atoms with Crippen LogP contribution in [-0.2, 0) is 17.1 Å². The van der Waals surface area contributed by atoms with E-state index in [9.17, 15) is 18.0 Å². The SMILES string of the molecule is Cc1cc([C@@H](C)Nc2ccc(Cl)nc2C(=O)NS(C)(=O)=O)c2nc(N3CCN(c4cnc(C)nc4)CC3)n(C)c(=O)c2c1. The molecule has 13 nitrogen and oxygen atoms in total. The van der Waals surface area contributed by atoms with Gasteiger partial charge in [0.05, 0.1) is 47.0 Å². The molecule has 0 bridgehead atoms. The van der Waals surface area contributed by atoms with Crippen LogP contribution < -0.4 is 25.4 Å². The minimum atomic E-state index is -3.83. The van der Waals surface area contributed by atoms with Crippen LogP contribution >= 0.6 is 11.6 Å². The molecule has 15 heteroatoms. The molecule has 226 valence electrons. The highest BCUT2D eigenvalue weighted by Crippen LogP contribution is 2.29. The smallest absolute Gasteiger partial charge is 0.285 e. The zero-order chi connectivity index (χ0) is 31.1. The zero-order valence-corrected chi connectivity index (χ0v) is 26.0. The van der Waals surface area contributed by atoms with Crippen LogP contribution in [0.5, 0.6) is 0 Å². The molecule has 1 aliphatic rings. The van der Waals surface area contributed by atoms with E-state index in [0.717, 1.165) is 23.1 Å². The Labute approximate surface area is 254 Å². The Bertz CT molecular complexity index is 1870. The number of aromatic nitrogens is 5. The molecule has 4 heterocycles. The van der Waals surface area contributed by atoms with Crippen molar-refractivity contribution in [3.8, 4) is 0 Å². The van der Waals surface area contributed by atoms with Gasteiger partial charge in [0, 0.05) is 38.8 Å². The standard InChI is InChI=1S/C28H32ClN9O4S/c1-16-12-20(17(2)32-22-6-7-23(29)33-25(22)26(39)35-43(5,41)42)24-21(13-16)27(40)36(4)28(34-24)38-10-8-37(9-11-38)19-14-30-18(3)31-15-19/h6-7,12-15,17,32H,8-11H2,1-5H3,(H,35,39)/t17-/m1/s1. The maximum Gasteiger partial charge on any atom is 0.285 e. The molecule has 1 aromatic carbocycles. The normalized spacial score (nSPS) is 14.6. The number of nitrogens with zero attached hydrogens (tertiary/aromatic N) is 7. The number of halogens is 1. The topological polar surface area (TPSA) is 155 Å². The lowest BCUT2D eigenvalue weighted by atomic mass is 10.0. The molecule has 2 N–H and O–H groups in total. The number of aryl methyl sites for hydroxylation is 2. The summed E-state index contributed by atoms with van der Waals surface area (Å²) < 4.78 is 26.9. The fourth-order valence-electron chi connectivity index (χ4n) is 5.12. The average molecular weight is 626 g/mol. The first kappa shape index (κ1) is 30.2. The third-order valence-electron chi connectivity index (χ3n) is 7.22. The van der Waals surface area contributed by atoms with E-state index in [1.807, 2.05) is 50.0 Å². The summed E-state index contributed by atoms with van der Waals surface area (Å²) in [4.78, 5) is 48.3. The Morgan fingerprint density at radius 2 is 1.67 bits per heavy atom. The Kier molecular flexibility index (Phi) is 8.25. The van der Waals surface area contributed by atoms with E-state index >= 15 is 0 Å². The fourth-order valence-corrected chi connectivity index (χ4v) is 5.70. The first-order valence-electron chi connectivity index (χ1n) is 13.6. The molecule has 3 aromatic heterocycles. The van der Waals surface area contributed by atoms with Crippen LogP contribution in [0.4, 0.5) is 17.3 Å². The minimum Gasteiger partial charge on any atom is -0.377 e. The molecule has 1 amide bonds. The molecule has 0 aliphatic carbocycles. The van der Waals surface area contributed by atoms with E-state index in [-0.39, 0.29) is 22.1 Å². The summed E-state index contributed by atoms with van der Waals surface area (Å²) >= 11 is 6.03. The van der Waals surface area contributed by atoms with Gasteiger partial charge in [0.25, 0.3) is 11.5 Å². The number of rotatable bonds is 7. The molecule has 1 fully saturated rings. The average Bonchev–Trinajstić information content (AvgIpc) is 2.95. The van der Waals surface area contributed by atoms with Gasteiger partial charge in [0.15, 0.2) is 5.69 Å². The van der Waals surface area contributed by atoms with Gasteiger partial charge in [-0.15, -0.1) is 0 Å². The number of fused-ring (bicyclic) bond motifs is 1. The summed E-state index contributed by atoms with van der Waals surface area (Å²) in [6, 6.07) is 6.34. The number of amides is 1. The van der Waals surface area contributed by atoms with Gasteiger partial charge < -0.3 is 15.1 Å². The molecule has 0 radical (unpaired) electrons. The number of carbonyl (C=O) groups is 1. The molecule has 1 atom stereocenters. The Hall–Kier alpha value is -4.30. The second-order valence-electron chi connectivity index (χ2n) is 10.6. The van der Waals surface area contributed by atoms with E-state index in [2.05, 4.69) is 30.1 Å². The minimum absolute atomic E-state index is 0.0302. The van der Waals surface area contributed by atoms with E-state index < -0.39 is 22.0 Å². The lowest BCUT2D eigenvalue weighted by molar-refractivity contribution is 0.0977. The van der Waals surface area contributed by atoms with Crippen molar-refractivity contribution in [2.45, 2.75) is 26.8 Å². The summed E-state index contributed by atoms with van der Waals surface area (Å²) in [6.45, 7) is 8.31. The fraction of sp³-hybridized carbons (Fsp3) is 0.357. The molecular weight excluding hydrogens is 594 g/mol. The van der Waals surface area contributed by atoms with Gasteiger partial charge in [-0.2, -0.15) is 0 Å². The van der Waals surface area contributed by atoms with Crippen molar-refractivity contribution in [1.82, 2.24) is 29.2 Å². The van der Waals surface area contributed by atoms with Gasteiger partial charge in [0.1, 0.15) is 11.0 Å². The van der Waals surface area contributed by atoms with E-state index in [0.29, 0.717) is 48.9 Å². The number of sulfonamides is 1. The number of nitrogens with one attached hydrogen (secondary N) is 2. The number of benzene rings is 1. The highest BCUT2D eigenvalue weighted by atomic mass is 35.5. The van der Waals surface area contributed by atoms with E-state index in [1.54, 1.807) is 17.7 Å². The van der Waals surface area contributed by atoms with Crippen LogP contribution in [0.15, 0.2) is 41.5 Å². The van der Waals surface area contributed by atoms with Gasteiger partial charge in [-0.3, -0.25) is 14.2 Å². The molecule has 0 spiro atoms. The maximum atomic E-state index is 13.6. The van der Waals surface area contributed by atoms with Crippen molar-refractivity contribution in [3.05, 3.63) is 74.8 Å². The van der Waals surface area contributed by atoms with Crippen LogP contribution in [-0.4, -0.2) is 71.3 Å². The second kappa shape index (κ2) is 11.8. The van der Waals surface area contributed by atoms with Crippen LogP contribution in [0.1, 0.15) is 40.4 Å². The van der Waals surface area contributed by atoms with Crippen LogP contribution in [0.3, 0.4) is 0 Å². The van der Waals surface area contributed by atoms with Crippen molar-refractivity contribution in [2.24, 2.45) is 7.05 Å². The largest absolute Gasteiger partial charge is 0.377 e. The van der Waals surface area contributed by atoms with Gasteiger partial charge in [-0.25, -0.2) is 33.1 Å². The highest BCUT2D eigenvalue weighted by Gasteiger charge is 2.25. The van der Waals surface area contributed by atoms with Crippen molar-refractivity contribution in [1.29, 1.82) is 0 Å². The Balaban J connectivity index is 1.48.